The average Bonchev–Trinajstić information content (AvgIpc) is 2.87. The van der Waals surface area contributed by atoms with Crippen molar-refractivity contribution in [2.75, 3.05) is 26.8 Å². The molecule has 4 heteroatoms. The van der Waals surface area contributed by atoms with Crippen LogP contribution in [-0.4, -0.2) is 32.7 Å². The Bertz CT molecular complexity index is 1040. The van der Waals surface area contributed by atoms with E-state index in [1.807, 2.05) is 12.1 Å². The zero-order chi connectivity index (χ0) is 23.0. The van der Waals surface area contributed by atoms with Crippen molar-refractivity contribution in [2.24, 2.45) is 5.92 Å². The van der Waals surface area contributed by atoms with Crippen LogP contribution < -0.4 is 10.6 Å². The summed E-state index contributed by atoms with van der Waals surface area (Å²) in [4.78, 5) is 12.2. The molecule has 3 aromatic carbocycles. The lowest BCUT2D eigenvalue weighted by atomic mass is 9.77. The van der Waals surface area contributed by atoms with Gasteiger partial charge >= 0.3 is 0 Å². The van der Waals surface area contributed by atoms with Gasteiger partial charge in [0.1, 0.15) is 0 Å². The number of benzene rings is 3. The molecule has 1 aliphatic rings. The second-order valence-electron chi connectivity index (χ2n) is 9.30. The molecule has 1 saturated carbocycles. The van der Waals surface area contributed by atoms with Crippen molar-refractivity contribution in [1.82, 2.24) is 10.6 Å². The van der Waals surface area contributed by atoms with Crippen LogP contribution in [0, 0.1) is 5.92 Å². The highest BCUT2D eigenvalue weighted by Gasteiger charge is 2.24. The highest BCUT2D eigenvalue weighted by Crippen LogP contribution is 2.36. The highest BCUT2D eigenvalue weighted by atomic mass is 16.5. The number of fused-ring (bicyclic) bond motifs is 1. The fraction of sp³-hybridized carbons (Fsp3) is 0.414. The van der Waals surface area contributed by atoms with Crippen LogP contribution in [0.3, 0.4) is 0 Å². The zero-order valence-electron chi connectivity index (χ0n) is 19.8. The Morgan fingerprint density at radius 1 is 1.03 bits per heavy atom. The molecule has 1 aliphatic carbocycles. The minimum Gasteiger partial charge on any atom is -0.383 e. The molecule has 2 N–H and O–H groups in total. The zero-order valence-corrected chi connectivity index (χ0v) is 19.8. The third kappa shape index (κ3) is 6.01. The predicted octanol–water partition coefficient (Wildman–Crippen LogP) is 5.84. The van der Waals surface area contributed by atoms with Crippen LogP contribution in [0.2, 0.25) is 0 Å². The fourth-order valence-corrected chi connectivity index (χ4v) is 5.14. The molecule has 4 rings (SSSR count). The van der Waals surface area contributed by atoms with E-state index in [1.165, 1.54) is 47.6 Å². The predicted molar refractivity (Wildman–Crippen MR) is 136 cm³/mol. The fourth-order valence-electron chi connectivity index (χ4n) is 5.14. The van der Waals surface area contributed by atoms with Crippen molar-refractivity contribution in [1.29, 1.82) is 0 Å². The Labute approximate surface area is 197 Å². The minimum atomic E-state index is -0.0354. The van der Waals surface area contributed by atoms with Crippen LogP contribution in [0.15, 0.2) is 66.7 Å². The van der Waals surface area contributed by atoms with Gasteiger partial charge in [0.2, 0.25) is 0 Å². The smallest absolute Gasteiger partial charge is 0.251 e. The lowest BCUT2D eigenvalue weighted by Gasteiger charge is -2.31. The SMILES string of the molecule is COCCNC(=O)c1ccc(C2CCCC(CN[C@H](C)c3cccc4ccccc34)C2)cc1. The number of carbonyl (C=O) groups is 1. The monoisotopic (exact) mass is 444 g/mol. The van der Waals surface area contributed by atoms with E-state index in [-0.39, 0.29) is 5.91 Å². The van der Waals surface area contributed by atoms with Gasteiger partial charge in [-0.3, -0.25) is 4.79 Å². The summed E-state index contributed by atoms with van der Waals surface area (Å²) in [6, 6.07) is 23.8. The Balaban J connectivity index is 1.32. The molecule has 0 spiro atoms. The van der Waals surface area contributed by atoms with Gasteiger partial charge in [-0.2, -0.15) is 0 Å². The lowest BCUT2D eigenvalue weighted by molar-refractivity contribution is 0.0937. The topological polar surface area (TPSA) is 50.4 Å². The van der Waals surface area contributed by atoms with Gasteiger partial charge in [0.25, 0.3) is 5.91 Å². The molecule has 0 aliphatic heterocycles. The van der Waals surface area contributed by atoms with Crippen molar-refractivity contribution in [2.45, 2.75) is 44.6 Å². The Hall–Kier alpha value is -2.69. The molecule has 1 amide bonds. The van der Waals surface area contributed by atoms with Gasteiger partial charge in [0.05, 0.1) is 6.61 Å². The van der Waals surface area contributed by atoms with E-state index < -0.39 is 0 Å². The molecular formula is C29H36N2O2. The quantitative estimate of drug-likeness (QED) is 0.408. The first-order chi connectivity index (χ1) is 16.2. The number of hydrogen-bond acceptors (Lipinski definition) is 3. The summed E-state index contributed by atoms with van der Waals surface area (Å²) in [5, 5.41) is 9.35. The first kappa shape index (κ1) is 23.5. The van der Waals surface area contributed by atoms with Gasteiger partial charge < -0.3 is 15.4 Å². The van der Waals surface area contributed by atoms with Gasteiger partial charge in [0.15, 0.2) is 0 Å². The van der Waals surface area contributed by atoms with Crippen LogP contribution in [0.5, 0.6) is 0 Å². The van der Waals surface area contributed by atoms with E-state index in [9.17, 15) is 4.79 Å². The standard InChI is InChI=1S/C29H36N2O2/c1-21(27-12-6-9-24-8-3-4-11-28(24)27)31-20-22-7-5-10-26(19-22)23-13-15-25(16-14-23)29(32)30-17-18-33-2/h3-4,6,8-9,11-16,21-22,26,31H,5,7,10,17-20H2,1-2H3,(H,30,32)/t21-,22?,26?/m1/s1. The van der Waals surface area contributed by atoms with E-state index in [4.69, 9.17) is 4.74 Å². The van der Waals surface area contributed by atoms with E-state index in [0.29, 0.717) is 36.6 Å². The molecule has 0 radical (unpaired) electrons. The molecule has 4 nitrogen and oxygen atoms in total. The molecule has 3 atom stereocenters. The van der Waals surface area contributed by atoms with Crippen LogP contribution in [0.1, 0.15) is 66.1 Å². The molecule has 1 fully saturated rings. The molecule has 33 heavy (non-hydrogen) atoms. The third-order valence-corrected chi connectivity index (χ3v) is 7.02. The summed E-state index contributed by atoms with van der Waals surface area (Å²) >= 11 is 0. The molecular weight excluding hydrogens is 408 g/mol. The number of ether oxygens (including phenoxy) is 1. The Kier molecular flexibility index (Phi) is 8.14. The van der Waals surface area contributed by atoms with Crippen molar-refractivity contribution < 1.29 is 9.53 Å². The van der Waals surface area contributed by atoms with Crippen LogP contribution in [0.25, 0.3) is 10.8 Å². The summed E-state index contributed by atoms with van der Waals surface area (Å²) in [5.74, 6) is 1.22. The maximum Gasteiger partial charge on any atom is 0.251 e. The van der Waals surface area contributed by atoms with Gasteiger partial charge in [-0.25, -0.2) is 0 Å². The maximum atomic E-state index is 12.2. The second kappa shape index (κ2) is 11.4. The number of hydrogen-bond donors (Lipinski definition) is 2. The van der Waals surface area contributed by atoms with Crippen LogP contribution >= 0.6 is 0 Å². The highest BCUT2D eigenvalue weighted by molar-refractivity contribution is 5.94. The number of nitrogens with one attached hydrogen (secondary N) is 2. The molecule has 0 bridgehead atoms. The van der Waals surface area contributed by atoms with Crippen molar-refractivity contribution in [3.63, 3.8) is 0 Å². The van der Waals surface area contributed by atoms with E-state index in [1.54, 1.807) is 7.11 Å². The molecule has 0 saturated heterocycles. The molecule has 3 aromatic rings. The summed E-state index contributed by atoms with van der Waals surface area (Å²) in [6.45, 7) is 4.38. The first-order valence-corrected chi connectivity index (χ1v) is 12.2. The van der Waals surface area contributed by atoms with Crippen molar-refractivity contribution >= 4 is 16.7 Å². The van der Waals surface area contributed by atoms with Crippen molar-refractivity contribution in [3.8, 4) is 0 Å². The van der Waals surface area contributed by atoms with E-state index >= 15 is 0 Å². The van der Waals surface area contributed by atoms with Crippen LogP contribution in [0.4, 0.5) is 0 Å². The normalized spacial score (nSPS) is 19.3. The minimum absolute atomic E-state index is 0.0354. The first-order valence-electron chi connectivity index (χ1n) is 12.2. The molecule has 174 valence electrons. The third-order valence-electron chi connectivity index (χ3n) is 7.02. The van der Waals surface area contributed by atoms with Gasteiger partial charge in [-0.1, -0.05) is 61.0 Å². The van der Waals surface area contributed by atoms with E-state index in [0.717, 1.165) is 6.54 Å². The summed E-state index contributed by atoms with van der Waals surface area (Å²) in [6.07, 6.45) is 4.98. The van der Waals surface area contributed by atoms with Gasteiger partial charge in [-0.05, 0) is 78.6 Å². The summed E-state index contributed by atoms with van der Waals surface area (Å²) < 4.78 is 5.00. The average molecular weight is 445 g/mol. The maximum absolute atomic E-state index is 12.2. The van der Waals surface area contributed by atoms with Gasteiger partial charge in [0, 0.05) is 25.3 Å². The Morgan fingerprint density at radius 3 is 2.64 bits per heavy atom. The van der Waals surface area contributed by atoms with Gasteiger partial charge in [-0.15, -0.1) is 0 Å². The number of rotatable bonds is 9. The Morgan fingerprint density at radius 2 is 1.82 bits per heavy atom. The van der Waals surface area contributed by atoms with Crippen LogP contribution in [-0.2, 0) is 4.74 Å². The summed E-state index contributed by atoms with van der Waals surface area (Å²) in [5.41, 5.74) is 3.45. The molecule has 0 heterocycles. The van der Waals surface area contributed by atoms with E-state index in [2.05, 4.69) is 72.2 Å². The lowest BCUT2D eigenvalue weighted by Crippen LogP contribution is -2.29. The number of carbonyl (C=O) groups excluding carboxylic acids is 1. The summed E-state index contributed by atoms with van der Waals surface area (Å²) in [7, 11) is 1.64. The number of amides is 1. The molecule has 0 aromatic heterocycles. The molecule has 2 unspecified atom stereocenters. The number of methoxy groups -OCH3 is 1. The largest absolute Gasteiger partial charge is 0.383 e. The van der Waals surface area contributed by atoms with Crippen molar-refractivity contribution in [3.05, 3.63) is 83.4 Å². The second-order valence-corrected chi connectivity index (χ2v) is 9.30.